The number of primary amides is 1. The average molecular weight is 370 g/mol. The van der Waals surface area contributed by atoms with Crippen LogP contribution in [0.3, 0.4) is 0 Å². The number of nitrogens with two attached hydrogens (primary N) is 1. The lowest BCUT2D eigenvalue weighted by atomic mass is 10.1. The molecule has 0 aliphatic rings. The minimum Gasteiger partial charge on any atom is -0.456 e. The number of halogens is 1. The molecule has 0 aliphatic carbocycles. The van der Waals surface area contributed by atoms with Crippen LogP contribution in [0.1, 0.15) is 44.2 Å². The summed E-state index contributed by atoms with van der Waals surface area (Å²) in [5, 5.41) is 5.85. The molecule has 8 heteroatoms. The highest BCUT2D eigenvalue weighted by molar-refractivity contribution is 6.30. The van der Waals surface area contributed by atoms with Crippen molar-refractivity contribution in [2.24, 2.45) is 5.73 Å². The van der Waals surface area contributed by atoms with Crippen molar-refractivity contribution in [2.45, 2.75) is 38.6 Å². The van der Waals surface area contributed by atoms with Crippen molar-refractivity contribution in [2.75, 3.05) is 13.2 Å². The Morgan fingerprint density at radius 1 is 1.16 bits per heavy atom. The molecule has 0 aliphatic heterocycles. The van der Waals surface area contributed by atoms with Crippen LogP contribution in [-0.2, 0) is 14.3 Å². The van der Waals surface area contributed by atoms with E-state index < -0.39 is 12.0 Å². The molecule has 0 bridgehead atoms. The Labute approximate surface area is 152 Å². The number of benzene rings is 1. The number of ether oxygens (including phenoxy) is 1. The van der Waals surface area contributed by atoms with Crippen LogP contribution in [0.25, 0.3) is 0 Å². The molecule has 7 nitrogen and oxygen atoms in total. The number of esters is 1. The normalized spacial score (nSPS) is 11.4. The van der Waals surface area contributed by atoms with Crippen molar-refractivity contribution < 1.29 is 19.1 Å². The first kappa shape index (κ1) is 20.8. The van der Waals surface area contributed by atoms with Crippen LogP contribution in [0, 0.1) is 0 Å². The van der Waals surface area contributed by atoms with Gasteiger partial charge in [0.1, 0.15) is 0 Å². The third-order valence-corrected chi connectivity index (χ3v) is 3.72. The van der Waals surface area contributed by atoms with Crippen LogP contribution in [0.2, 0.25) is 5.02 Å². The lowest BCUT2D eigenvalue weighted by Gasteiger charge is -2.14. The zero-order chi connectivity index (χ0) is 18.7. The van der Waals surface area contributed by atoms with Crippen LogP contribution in [-0.4, -0.2) is 31.1 Å². The summed E-state index contributed by atoms with van der Waals surface area (Å²) >= 11 is 5.82. The molecule has 0 heterocycles. The van der Waals surface area contributed by atoms with E-state index in [0.29, 0.717) is 18.0 Å². The van der Waals surface area contributed by atoms with Crippen LogP contribution in [0.5, 0.6) is 0 Å². The molecule has 0 radical (unpaired) electrons. The van der Waals surface area contributed by atoms with Crippen molar-refractivity contribution in [1.29, 1.82) is 0 Å². The molecule has 4 N–H and O–H groups in total. The molecule has 1 atom stereocenters. The van der Waals surface area contributed by atoms with Gasteiger partial charge in [0.2, 0.25) is 0 Å². The molecular weight excluding hydrogens is 346 g/mol. The van der Waals surface area contributed by atoms with E-state index in [2.05, 4.69) is 10.6 Å². The van der Waals surface area contributed by atoms with Crippen LogP contribution in [0.4, 0.5) is 4.79 Å². The monoisotopic (exact) mass is 369 g/mol. The van der Waals surface area contributed by atoms with E-state index in [1.165, 1.54) is 0 Å². The molecule has 0 unspecified atom stereocenters. The number of carbonyl (C=O) groups is 3. The lowest BCUT2D eigenvalue weighted by Crippen LogP contribution is -2.31. The predicted molar refractivity (Wildman–Crippen MR) is 95.0 cm³/mol. The molecule has 3 amide bonds. The van der Waals surface area contributed by atoms with Gasteiger partial charge < -0.3 is 21.1 Å². The summed E-state index contributed by atoms with van der Waals surface area (Å²) < 4.78 is 4.94. The minimum absolute atomic E-state index is 0.207. The molecule has 138 valence electrons. The molecule has 0 fully saturated rings. The van der Waals surface area contributed by atoms with Gasteiger partial charge in [-0.2, -0.15) is 0 Å². The summed E-state index contributed by atoms with van der Waals surface area (Å²) in [5.41, 5.74) is 5.84. The second-order valence-electron chi connectivity index (χ2n) is 5.60. The molecule has 0 aromatic heterocycles. The number of unbranched alkanes of at least 4 members (excludes halogenated alkanes) is 2. The molecule has 1 rings (SSSR count). The number of rotatable bonds is 10. The maximum absolute atomic E-state index is 11.8. The van der Waals surface area contributed by atoms with Gasteiger partial charge in [0.25, 0.3) is 5.91 Å². The molecule has 0 saturated carbocycles. The molecular formula is C17H24ClN3O4. The topological polar surface area (TPSA) is 111 Å². The van der Waals surface area contributed by atoms with E-state index >= 15 is 0 Å². The van der Waals surface area contributed by atoms with E-state index in [1.807, 2.05) is 19.1 Å². The summed E-state index contributed by atoms with van der Waals surface area (Å²) in [6.07, 6.45) is 2.35. The smallest absolute Gasteiger partial charge is 0.312 e. The van der Waals surface area contributed by atoms with Gasteiger partial charge in [0.05, 0.1) is 6.04 Å². The highest BCUT2D eigenvalue weighted by Gasteiger charge is 2.11. The van der Waals surface area contributed by atoms with E-state index in [4.69, 9.17) is 22.1 Å². The summed E-state index contributed by atoms with van der Waals surface area (Å²) in [6.45, 7) is 2.01. The number of amides is 3. The maximum Gasteiger partial charge on any atom is 0.312 e. The summed E-state index contributed by atoms with van der Waals surface area (Å²) in [7, 11) is 0. The van der Waals surface area contributed by atoms with Crippen LogP contribution in [0.15, 0.2) is 24.3 Å². The fourth-order valence-electron chi connectivity index (χ4n) is 2.12. The van der Waals surface area contributed by atoms with Gasteiger partial charge in [0, 0.05) is 18.0 Å². The van der Waals surface area contributed by atoms with Gasteiger partial charge in [-0.3, -0.25) is 9.59 Å². The number of urea groups is 1. The van der Waals surface area contributed by atoms with Gasteiger partial charge in [-0.25, -0.2) is 4.79 Å². The molecule has 0 spiro atoms. The maximum atomic E-state index is 11.8. The standard InChI is InChI=1S/C17H24ClN3O4/c1-12(13-6-8-14(18)9-7-13)21-15(22)11-25-16(23)5-3-2-4-10-20-17(19)24/h6-9,12H,2-5,10-11H2,1H3,(H,21,22)(H3,19,20,24)/t12-/m0/s1. The number of nitrogens with one attached hydrogen (secondary N) is 2. The van der Waals surface area contributed by atoms with Crippen LogP contribution < -0.4 is 16.4 Å². The van der Waals surface area contributed by atoms with E-state index in [0.717, 1.165) is 18.4 Å². The van der Waals surface area contributed by atoms with Crippen molar-refractivity contribution in [3.05, 3.63) is 34.9 Å². The largest absolute Gasteiger partial charge is 0.456 e. The van der Waals surface area contributed by atoms with Crippen molar-refractivity contribution in [1.82, 2.24) is 10.6 Å². The second kappa shape index (κ2) is 11.3. The quantitative estimate of drug-likeness (QED) is 0.434. The third kappa shape index (κ3) is 9.56. The summed E-state index contributed by atoms with van der Waals surface area (Å²) in [5.74, 6) is -0.779. The molecule has 1 aromatic rings. The van der Waals surface area contributed by atoms with Gasteiger partial charge >= 0.3 is 12.0 Å². The Kier molecular flexibility index (Phi) is 9.39. The Bertz CT molecular complexity index is 578. The zero-order valence-electron chi connectivity index (χ0n) is 14.2. The third-order valence-electron chi connectivity index (χ3n) is 3.47. The Balaban J connectivity index is 2.15. The first-order chi connectivity index (χ1) is 11.9. The van der Waals surface area contributed by atoms with Gasteiger partial charge in [0.15, 0.2) is 6.61 Å². The van der Waals surface area contributed by atoms with Crippen molar-refractivity contribution >= 4 is 29.5 Å². The van der Waals surface area contributed by atoms with Gasteiger partial charge in [-0.1, -0.05) is 30.2 Å². The first-order valence-electron chi connectivity index (χ1n) is 8.12. The average Bonchev–Trinajstić information content (AvgIpc) is 2.56. The number of carbonyl (C=O) groups excluding carboxylic acids is 3. The summed E-state index contributed by atoms with van der Waals surface area (Å²) in [6, 6.07) is 6.38. The fourth-order valence-corrected chi connectivity index (χ4v) is 2.24. The zero-order valence-corrected chi connectivity index (χ0v) is 15.0. The van der Waals surface area contributed by atoms with Crippen molar-refractivity contribution in [3.8, 4) is 0 Å². The van der Waals surface area contributed by atoms with Gasteiger partial charge in [-0.15, -0.1) is 0 Å². The van der Waals surface area contributed by atoms with E-state index in [1.54, 1.807) is 12.1 Å². The Hall–Kier alpha value is -2.28. The first-order valence-corrected chi connectivity index (χ1v) is 8.50. The summed E-state index contributed by atoms with van der Waals surface area (Å²) in [4.78, 5) is 33.9. The Morgan fingerprint density at radius 2 is 1.84 bits per heavy atom. The number of hydrogen-bond donors (Lipinski definition) is 3. The van der Waals surface area contributed by atoms with Crippen LogP contribution >= 0.6 is 11.6 Å². The van der Waals surface area contributed by atoms with Crippen molar-refractivity contribution in [3.63, 3.8) is 0 Å². The predicted octanol–water partition coefficient (Wildman–Crippen LogP) is 2.29. The second-order valence-corrected chi connectivity index (χ2v) is 6.04. The molecule has 1 aromatic carbocycles. The molecule has 25 heavy (non-hydrogen) atoms. The fraction of sp³-hybridized carbons (Fsp3) is 0.471. The Morgan fingerprint density at radius 3 is 2.48 bits per heavy atom. The lowest BCUT2D eigenvalue weighted by molar-refractivity contribution is -0.148. The van der Waals surface area contributed by atoms with E-state index in [-0.39, 0.29) is 25.0 Å². The SMILES string of the molecule is C[C@H](NC(=O)COC(=O)CCCCCNC(N)=O)c1ccc(Cl)cc1. The number of hydrogen-bond acceptors (Lipinski definition) is 4. The van der Waals surface area contributed by atoms with Gasteiger partial charge in [-0.05, 0) is 37.5 Å². The highest BCUT2D eigenvalue weighted by Crippen LogP contribution is 2.15. The highest BCUT2D eigenvalue weighted by atomic mass is 35.5. The molecule has 0 saturated heterocycles. The minimum atomic E-state index is -0.557. The van der Waals surface area contributed by atoms with E-state index in [9.17, 15) is 14.4 Å².